The molecule has 0 radical (unpaired) electrons. The molecule has 0 aromatic carbocycles. The van der Waals surface area contributed by atoms with Crippen LogP contribution in [0.15, 0.2) is 39.2 Å². The molecule has 0 saturated carbocycles. The highest BCUT2D eigenvalue weighted by atomic mass is 32.2. The Bertz CT molecular complexity index is 775. The van der Waals surface area contributed by atoms with Gasteiger partial charge in [0.1, 0.15) is 15.5 Å². The molecule has 1 amide bonds. The number of thiophene rings is 1. The number of hydrogen-bond donors (Lipinski definition) is 1. The van der Waals surface area contributed by atoms with Gasteiger partial charge < -0.3 is 9.73 Å². The monoisotopic (exact) mass is 368 g/mol. The summed E-state index contributed by atoms with van der Waals surface area (Å²) in [7, 11) is -3.60. The number of furan rings is 1. The Labute approximate surface area is 145 Å². The maximum Gasteiger partial charge on any atom is 0.262 e. The maximum absolute atomic E-state index is 12.8. The first kappa shape index (κ1) is 17.2. The number of amides is 1. The van der Waals surface area contributed by atoms with Gasteiger partial charge in [0.2, 0.25) is 10.0 Å². The number of hydrogen-bond acceptors (Lipinski definition) is 5. The fourth-order valence-electron chi connectivity index (χ4n) is 2.74. The van der Waals surface area contributed by atoms with Gasteiger partial charge in [0.25, 0.3) is 5.91 Å². The molecule has 8 heteroatoms. The Morgan fingerprint density at radius 3 is 2.75 bits per heavy atom. The molecule has 0 spiro atoms. The standard InChI is InChI=1S/C16H20N2O4S2/c19-16(17-8-6-13-5-4-11-22-13)15-14(7-12-23-15)24(20,21)18-9-2-1-3-10-18/h4-5,7,11-12H,1-3,6,8-10H2,(H,17,19). The van der Waals surface area contributed by atoms with Crippen molar-refractivity contribution in [3.63, 3.8) is 0 Å². The molecule has 0 unspecified atom stereocenters. The third-order valence-corrected chi connectivity index (χ3v) is 6.99. The van der Waals surface area contributed by atoms with E-state index in [-0.39, 0.29) is 15.7 Å². The molecule has 3 heterocycles. The fourth-order valence-corrected chi connectivity index (χ4v) is 5.58. The smallest absolute Gasteiger partial charge is 0.262 e. The number of nitrogens with zero attached hydrogens (tertiary/aromatic N) is 1. The number of rotatable bonds is 6. The average Bonchev–Trinajstić information content (AvgIpc) is 3.27. The lowest BCUT2D eigenvalue weighted by atomic mass is 10.2. The van der Waals surface area contributed by atoms with Crippen LogP contribution in [-0.2, 0) is 16.4 Å². The van der Waals surface area contributed by atoms with E-state index in [4.69, 9.17) is 4.42 Å². The van der Waals surface area contributed by atoms with Crippen molar-refractivity contribution in [3.05, 3.63) is 40.5 Å². The quantitative estimate of drug-likeness (QED) is 0.849. The summed E-state index contributed by atoms with van der Waals surface area (Å²) in [5.74, 6) is 0.426. The summed E-state index contributed by atoms with van der Waals surface area (Å²) in [6.07, 6.45) is 4.94. The largest absolute Gasteiger partial charge is 0.469 e. The van der Waals surface area contributed by atoms with E-state index >= 15 is 0 Å². The lowest BCUT2D eigenvalue weighted by molar-refractivity contribution is 0.0954. The van der Waals surface area contributed by atoms with Crippen LogP contribution in [0.2, 0.25) is 0 Å². The van der Waals surface area contributed by atoms with Crippen molar-refractivity contribution >= 4 is 27.3 Å². The van der Waals surface area contributed by atoms with Crippen LogP contribution in [0.4, 0.5) is 0 Å². The molecular formula is C16H20N2O4S2. The van der Waals surface area contributed by atoms with Gasteiger partial charge in [-0.05, 0) is 36.4 Å². The summed E-state index contributed by atoms with van der Waals surface area (Å²) in [4.78, 5) is 12.7. The van der Waals surface area contributed by atoms with Crippen LogP contribution in [0.3, 0.4) is 0 Å². The van der Waals surface area contributed by atoms with Crippen LogP contribution >= 0.6 is 11.3 Å². The molecule has 1 N–H and O–H groups in total. The zero-order valence-corrected chi connectivity index (χ0v) is 14.9. The topological polar surface area (TPSA) is 79.6 Å². The van der Waals surface area contributed by atoms with Crippen LogP contribution in [0, 0.1) is 0 Å². The number of sulfonamides is 1. The van der Waals surface area contributed by atoms with E-state index in [1.807, 2.05) is 6.07 Å². The minimum Gasteiger partial charge on any atom is -0.469 e. The summed E-state index contributed by atoms with van der Waals surface area (Å²) in [6, 6.07) is 5.15. The molecule has 1 aliphatic rings. The van der Waals surface area contributed by atoms with Crippen LogP contribution in [0.1, 0.15) is 34.7 Å². The van der Waals surface area contributed by atoms with E-state index < -0.39 is 10.0 Å². The second-order valence-electron chi connectivity index (χ2n) is 5.66. The zero-order valence-electron chi connectivity index (χ0n) is 13.2. The Morgan fingerprint density at radius 2 is 2.04 bits per heavy atom. The summed E-state index contributed by atoms with van der Waals surface area (Å²) >= 11 is 1.16. The van der Waals surface area contributed by atoms with Crippen molar-refractivity contribution < 1.29 is 17.6 Å². The van der Waals surface area contributed by atoms with Gasteiger partial charge in [0.15, 0.2) is 0 Å². The molecule has 2 aromatic heterocycles. The van der Waals surface area contributed by atoms with Crippen LogP contribution in [0.25, 0.3) is 0 Å². The van der Waals surface area contributed by atoms with Crippen molar-refractivity contribution in [1.29, 1.82) is 0 Å². The number of carbonyl (C=O) groups excluding carboxylic acids is 1. The van der Waals surface area contributed by atoms with Crippen LogP contribution in [-0.4, -0.2) is 38.3 Å². The molecule has 1 fully saturated rings. The van der Waals surface area contributed by atoms with Crippen LogP contribution in [0.5, 0.6) is 0 Å². The van der Waals surface area contributed by atoms with Crippen molar-refractivity contribution in [2.24, 2.45) is 0 Å². The Balaban J connectivity index is 1.68. The predicted octanol–water partition coefficient (Wildman–Crippen LogP) is 2.49. The normalized spacial score (nSPS) is 16.2. The highest BCUT2D eigenvalue weighted by Gasteiger charge is 2.30. The first-order valence-corrected chi connectivity index (χ1v) is 10.3. The molecule has 1 saturated heterocycles. The van der Waals surface area contributed by atoms with E-state index in [2.05, 4.69) is 5.32 Å². The number of nitrogens with one attached hydrogen (secondary N) is 1. The van der Waals surface area contributed by atoms with Gasteiger partial charge in [-0.1, -0.05) is 6.42 Å². The molecule has 0 aliphatic carbocycles. The molecule has 0 bridgehead atoms. The van der Waals surface area contributed by atoms with Gasteiger partial charge >= 0.3 is 0 Å². The van der Waals surface area contributed by atoms with Crippen LogP contribution < -0.4 is 5.32 Å². The van der Waals surface area contributed by atoms with Gasteiger partial charge in [-0.15, -0.1) is 11.3 Å². The minimum atomic E-state index is -3.60. The molecular weight excluding hydrogens is 348 g/mol. The molecule has 0 atom stereocenters. The molecule has 24 heavy (non-hydrogen) atoms. The van der Waals surface area contributed by atoms with Crippen molar-refractivity contribution in [3.8, 4) is 0 Å². The predicted molar refractivity (Wildman–Crippen MR) is 91.7 cm³/mol. The number of carbonyl (C=O) groups is 1. The van der Waals surface area contributed by atoms with E-state index in [0.29, 0.717) is 26.1 Å². The van der Waals surface area contributed by atoms with Gasteiger partial charge in [-0.2, -0.15) is 4.31 Å². The molecule has 6 nitrogen and oxygen atoms in total. The van der Waals surface area contributed by atoms with Gasteiger partial charge in [0, 0.05) is 26.1 Å². The highest BCUT2D eigenvalue weighted by molar-refractivity contribution is 7.89. The lowest BCUT2D eigenvalue weighted by Crippen LogP contribution is -2.36. The zero-order chi connectivity index (χ0) is 17.0. The third kappa shape index (κ3) is 3.71. The van der Waals surface area contributed by atoms with E-state index in [9.17, 15) is 13.2 Å². The highest BCUT2D eigenvalue weighted by Crippen LogP contribution is 2.27. The van der Waals surface area contributed by atoms with Crippen molar-refractivity contribution in [2.45, 2.75) is 30.6 Å². The molecule has 1 aliphatic heterocycles. The second-order valence-corrected chi connectivity index (χ2v) is 8.49. The average molecular weight is 368 g/mol. The molecule has 2 aromatic rings. The minimum absolute atomic E-state index is 0.116. The van der Waals surface area contributed by atoms with E-state index in [1.54, 1.807) is 17.7 Å². The second kappa shape index (κ2) is 7.50. The number of piperidine rings is 1. The third-order valence-electron chi connectivity index (χ3n) is 4.01. The first-order valence-electron chi connectivity index (χ1n) is 7.97. The Kier molecular flexibility index (Phi) is 5.37. The summed E-state index contributed by atoms with van der Waals surface area (Å²) in [5, 5.41) is 4.42. The Morgan fingerprint density at radius 1 is 1.25 bits per heavy atom. The van der Waals surface area contributed by atoms with Gasteiger partial charge in [0.05, 0.1) is 6.26 Å². The molecule has 130 valence electrons. The van der Waals surface area contributed by atoms with Crippen molar-refractivity contribution in [2.75, 3.05) is 19.6 Å². The molecule has 3 rings (SSSR count). The lowest BCUT2D eigenvalue weighted by Gasteiger charge is -2.25. The van der Waals surface area contributed by atoms with E-state index in [1.165, 1.54) is 10.4 Å². The SMILES string of the molecule is O=C(NCCc1ccco1)c1sccc1S(=O)(=O)N1CCCCC1. The van der Waals surface area contributed by atoms with Gasteiger partial charge in [-0.3, -0.25) is 4.79 Å². The maximum atomic E-state index is 12.8. The van der Waals surface area contributed by atoms with Crippen molar-refractivity contribution in [1.82, 2.24) is 9.62 Å². The summed E-state index contributed by atoms with van der Waals surface area (Å²) in [5.41, 5.74) is 0. The summed E-state index contributed by atoms with van der Waals surface area (Å²) < 4.78 is 32.2. The van der Waals surface area contributed by atoms with E-state index in [0.717, 1.165) is 36.4 Å². The first-order chi connectivity index (χ1) is 11.6. The fraction of sp³-hybridized carbons (Fsp3) is 0.438. The summed E-state index contributed by atoms with van der Waals surface area (Å²) in [6.45, 7) is 1.45. The van der Waals surface area contributed by atoms with Gasteiger partial charge in [-0.25, -0.2) is 8.42 Å². The Hall–Kier alpha value is -1.64.